The highest BCUT2D eigenvalue weighted by molar-refractivity contribution is 5.78. The van der Waals surface area contributed by atoms with Crippen molar-refractivity contribution in [2.45, 2.75) is 32.2 Å². The lowest BCUT2D eigenvalue weighted by molar-refractivity contribution is -0.121. The van der Waals surface area contributed by atoms with Crippen LogP contribution in [0.3, 0.4) is 0 Å². The Balaban J connectivity index is 2.00. The van der Waals surface area contributed by atoms with Crippen LogP contribution in [0.1, 0.15) is 31.7 Å². The first-order chi connectivity index (χ1) is 7.66. The van der Waals surface area contributed by atoms with Gasteiger partial charge in [-0.05, 0) is 25.5 Å². The minimum atomic E-state index is 0.138. The molecular weight excluding hydrogens is 200 g/mol. The highest BCUT2D eigenvalue weighted by Gasteiger charge is 2.23. The van der Waals surface area contributed by atoms with Crippen LogP contribution in [0, 0.1) is 0 Å². The number of para-hydroxylation sites is 1. The van der Waals surface area contributed by atoms with Gasteiger partial charge in [-0.2, -0.15) is 0 Å². The predicted molar refractivity (Wildman–Crippen MR) is 65.6 cm³/mol. The normalized spacial score (nSPS) is 18.1. The molecule has 16 heavy (non-hydrogen) atoms. The number of hydrogen-bond donors (Lipinski definition) is 2. The van der Waals surface area contributed by atoms with Crippen LogP contribution < -0.4 is 10.6 Å². The Kier molecular flexibility index (Phi) is 3.13. The molecule has 0 spiro atoms. The summed E-state index contributed by atoms with van der Waals surface area (Å²) in [5, 5.41) is 6.26. The molecule has 1 amide bonds. The number of rotatable bonds is 3. The highest BCUT2D eigenvalue weighted by atomic mass is 16.1. The second kappa shape index (κ2) is 4.56. The van der Waals surface area contributed by atoms with Gasteiger partial charge in [-0.1, -0.05) is 18.2 Å². The molecule has 3 heteroatoms. The van der Waals surface area contributed by atoms with Gasteiger partial charge in [0, 0.05) is 30.6 Å². The molecule has 1 aromatic carbocycles. The predicted octanol–water partition coefficient (Wildman–Crippen LogP) is 2.11. The number of anilines is 1. The molecule has 3 nitrogen and oxygen atoms in total. The average molecular weight is 218 g/mol. The second-order valence-electron chi connectivity index (χ2n) is 4.59. The summed E-state index contributed by atoms with van der Waals surface area (Å²) >= 11 is 0. The summed E-state index contributed by atoms with van der Waals surface area (Å²) in [4.78, 5) is 11.7. The molecule has 0 saturated carbocycles. The van der Waals surface area contributed by atoms with Gasteiger partial charge in [0.2, 0.25) is 5.91 Å². The molecule has 1 heterocycles. The van der Waals surface area contributed by atoms with E-state index >= 15 is 0 Å². The summed E-state index contributed by atoms with van der Waals surface area (Å²) in [7, 11) is 0. The van der Waals surface area contributed by atoms with E-state index in [1.54, 1.807) is 0 Å². The molecule has 1 unspecified atom stereocenters. The molecule has 0 aromatic heterocycles. The molecule has 1 aliphatic heterocycles. The Morgan fingerprint density at radius 1 is 1.50 bits per heavy atom. The zero-order valence-electron chi connectivity index (χ0n) is 9.79. The van der Waals surface area contributed by atoms with Gasteiger partial charge in [0.15, 0.2) is 0 Å². The molecule has 1 aliphatic rings. The molecule has 0 fully saturated rings. The van der Waals surface area contributed by atoms with Crippen molar-refractivity contribution >= 4 is 11.6 Å². The Morgan fingerprint density at radius 2 is 2.25 bits per heavy atom. The topological polar surface area (TPSA) is 41.1 Å². The van der Waals surface area contributed by atoms with Gasteiger partial charge in [-0.15, -0.1) is 0 Å². The van der Waals surface area contributed by atoms with Crippen molar-refractivity contribution in [3.8, 4) is 0 Å². The standard InChI is InChI=1S/C13H18N2O/c1-9(2)15-13(16)7-10-8-14-12-6-4-3-5-11(10)12/h3-6,9-10,14H,7-8H2,1-2H3,(H,15,16). The molecule has 2 rings (SSSR count). The van der Waals surface area contributed by atoms with E-state index in [1.165, 1.54) is 11.3 Å². The fourth-order valence-corrected chi connectivity index (χ4v) is 2.14. The van der Waals surface area contributed by atoms with Gasteiger partial charge in [-0.25, -0.2) is 0 Å². The fourth-order valence-electron chi connectivity index (χ4n) is 2.14. The first kappa shape index (κ1) is 11.0. The molecule has 0 bridgehead atoms. The van der Waals surface area contributed by atoms with Crippen LogP contribution in [-0.4, -0.2) is 18.5 Å². The Morgan fingerprint density at radius 3 is 3.00 bits per heavy atom. The minimum Gasteiger partial charge on any atom is -0.384 e. The molecule has 1 aromatic rings. The number of benzene rings is 1. The van der Waals surface area contributed by atoms with E-state index in [1.807, 2.05) is 26.0 Å². The smallest absolute Gasteiger partial charge is 0.220 e. The van der Waals surface area contributed by atoms with E-state index in [4.69, 9.17) is 0 Å². The Bertz CT molecular complexity index is 387. The van der Waals surface area contributed by atoms with Crippen molar-refractivity contribution in [3.05, 3.63) is 29.8 Å². The molecule has 0 radical (unpaired) electrons. The number of hydrogen-bond acceptors (Lipinski definition) is 2. The lowest BCUT2D eigenvalue weighted by atomic mass is 9.97. The molecular formula is C13H18N2O. The summed E-state index contributed by atoms with van der Waals surface area (Å²) in [5.41, 5.74) is 2.44. The number of carbonyl (C=O) groups excluding carboxylic acids is 1. The van der Waals surface area contributed by atoms with Crippen molar-refractivity contribution < 1.29 is 4.79 Å². The first-order valence-electron chi connectivity index (χ1n) is 5.79. The monoisotopic (exact) mass is 218 g/mol. The second-order valence-corrected chi connectivity index (χ2v) is 4.59. The van der Waals surface area contributed by atoms with Crippen molar-refractivity contribution in [1.82, 2.24) is 5.32 Å². The zero-order valence-corrected chi connectivity index (χ0v) is 9.79. The van der Waals surface area contributed by atoms with E-state index in [2.05, 4.69) is 22.8 Å². The van der Waals surface area contributed by atoms with Crippen LogP contribution in [0.25, 0.3) is 0 Å². The van der Waals surface area contributed by atoms with E-state index in [0.29, 0.717) is 12.3 Å². The molecule has 1 atom stereocenters. The maximum Gasteiger partial charge on any atom is 0.220 e. The van der Waals surface area contributed by atoms with Crippen LogP contribution >= 0.6 is 0 Å². The lowest BCUT2D eigenvalue weighted by Crippen LogP contribution is -2.31. The van der Waals surface area contributed by atoms with Crippen LogP contribution in [0.5, 0.6) is 0 Å². The van der Waals surface area contributed by atoms with Crippen LogP contribution in [-0.2, 0) is 4.79 Å². The number of fused-ring (bicyclic) bond motifs is 1. The van der Waals surface area contributed by atoms with E-state index < -0.39 is 0 Å². The number of amides is 1. The average Bonchev–Trinajstić information content (AvgIpc) is 2.61. The summed E-state index contributed by atoms with van der Waals surface area (Å²) in [6.45, 7) is 4.84. The highest BCUT2D eigenvalue weighted by Crippen LogP contribution is 2.32. The summed E-state index contributed by atoms with van der Waals surface area (Å²) < 4.78 is 0. The van der Waals surface area contributed by atoms with Crippen molar-refractivity contribution in [3.63, 3.8) is 0 Å². The van der Waals surface area contributed by atoms with Crippen molar-refractivity contribution in [2.75, 3.05) is 11.9 Å². The fraction of sp³-hybridized carbons (Fsp3) is 0.462. The van der Waals surface area contributed by atoms with Gasteiger partial charge in [0.25, 0.3) is 0 Å². The van der Waals surface area contributed by atoms with Crippen LogP contribution in [0.15, 0.2) is 24.3 Å². The zero-order chi connectivity index (χ0) is 11.5. The van der Waals surface area contributed by atoms with Crippen molar-refractivity contribution in [2.24, 2.45) is 0 Å². The summed E-state index contributed by atoms with van der Waals surface area (Å²) in [6, 6.07) is 8.43. The van der Waals surface area contributed by atoms with Gasteiger partial charge in [0.1, 0.15) is 0 Å². The van der Waals surface area contributed by atoms with Gasteiger partial charge < -0.3 is 10.6 Å². The quantitative estimate of drug-likeness (QED) is 0.815. The maximum absolute atomic E-state index is 11.7. The third-order valence-electron chi connectivity index (χ3n) is 2.82. The molecule has 0 saturated heterocycles. The van der Waals surface area contributed by atoms with E-state index in [9.17, 15) is 4.79 Å². The lowest BCUT2D eigenvalue weighted by Gasteiger charge is -2.12. The summed E-state index contributed by atoms with van der Waals surface area (Å²) in [6.07, 6.45) is 0.572. The van der Waals surface area contributed by atoms with Gasteiger partial charge in [-0.3, -0.25) is 4.79 Å². The molecule has 0 aliphatic carbocycles. The van der Waals surface area contributed by atoms with E-state index in [0.717, 1.165) is 6.54 Å². The van der Waals surface area contributed by atoms with Crippen LogP contribution in [0.4, 0.5) is 5.69 Å². The largest absolute Gasteiger partial charge is 0.384 e. The third-order valence-corrected chi connectivity index (χ3v) is 2.82. The number of carbonyl (C=O) groups is 1. The van der Waals surface area contributed by atoms with Crippen molar-refractivity contribution in [1.29, 1.82) is 0 Å². The van der Waals surface area contributed by atoms with Crippen LogP contribution in [0.2, 0.25) is 0 Å². The third kappa shape index (κ3) is 2.35. The van der Waals surface area contributed by atoms with Gasteiger partial charge >= 0.3 is 0 Å². The Labute approximate surface area is 96.2 Å². The molecule has 2 N–H and O–H groups in total. The Hall–Kier alpha value is -1.51. The first-order valence-corrected chi connectivity index (χ1v) is 5.79. The number of nitrogens with one attached hydrogen (secondary N) is 2. The van der Waals surface area contributed by atoms with Gasteiger partial charge in [0.05, 0.1) is 0 Å². The summed E-state index contributed by atoms with van der Waals surface area (Å²) in [5.74, 6) is 0.452. The SMILES string of the molecule is CC(C)NC(=O)CC1CNc2ccccc21. The molecule has 86 valence electrons. The maximum atomic E-state index is 11.7. The van der Waals surface area contributed by atoms with E-state index in [-0.39, 0.29) is 11.9 Å². The minimum absolute atomic E-state index is 0.138.